The van der Waals surface area contributed by atoms with Gasteiger partial charge in [0.25, 0.3) is 0 Å². The highest BCUT2D eigenvalue weighted by atomic mass is 16.1. The lowest BCUT2D eigenvalue weighted by molar-refractivity contribution is 0.112. The van der Waals surface area contributed by atoms with Crippen LogP contribution in [-0.2, 0) is 19.3 Å². The third kappa shape index (κ3) is 4.81. The largest absolute Gasteiger partial charge is 0.370 e. The number of nitrogens with one attached hydrogen (secondary N) is 1. The van der Waals surface area contributed by atoms with Crippen LogP contribution in [0, 0.1) is 0 Å². The van der Waals surface area contributed by atoms with Crippen molar-refractivity contribution in [3.05, 3.63) is 34.4 Å². The Morgan fingerprint density at radius 1 is 1.17 bits per heavy atom. The summed E-state index contributed by atoms with van der Waals surface area (Å²) >= 11 is 0. The molecule has 1 aliphatic carbocycles. The Labute approximate surface area is 143 Å². The first-order chi connectivity index (χ1) is 11.7. The molecule has 130 valence electrons. The van der Waals surface area contributed by atoms with Gasteiger partial charge in [-0.05, 0) is 55.2 Å². The van der Waals surface area contributed by atoms with Crippen LogP contribution < -0.4 is 16.8 Å². The Kier molecular flexibility index (Phi) is 6.78. The van der Waals surface area contributed by atoms with Crippen molar-refractivity contribution in [3.8, 4) is 0 Å². The minimum absolute atomic E-state index is 0.248. The van der Waals surface area contributed by atoms with Crippen molar-refractivity contribution in [3.63, 3.8) is 0 Å². The highest BCUT2D eigenvalue weighted by Crippen LogP contribution is 2.26. The zero-order valence-electron chi connectivity index (χ0n) is 14.3. The van der Waals surface area contributed by atoms with Gasteiger partial charge in [-0.3, -0.25) is 20.1 Å². The van der Waals surface area contributed by atoms with Gasteiger partial charge in [0.2, 0.25) is 0 Å². The number of hydrogen-bond acceptors (Lipinski definition) is 3. The van der Waals surface area contributed by atoms with Gasteiger partial charge in [-0.1, -0.05) is 19.1 Å². The number of benzene rings is 1. The van der Waals surface area contributed by atoms with Crippen LogP contribution in [0.1, 0.15) is 53.2 Å². The molecule has 6 nitrogen and oxygen atoms in total. The second-order valence-electron chi connectivity index (χ2n) is 6.01. The molecule has 2 rings (SSSR count). The van der Waals surface area contributed by atoms with Crippen molar-refractivity contribution in [2.24, 2.45) is 21.5 Å². The Morgan fingerprint density at radius 2 is 1.88 bits per heavy atom. The number of rotatable bonds is 6. The molecule has 5 N–H and O–H groups in total. The number of aldehydes is 1. The van der Waals surface area contributed by atoms with Crippen molar-refractivity contribution in [2.45, 2.75) is 45.4 Å². The summed E-state index contributed by atoms with van der Waals surface area (Å²) in [5.74, 6) is 0.526. The number of carbonyl (C=O) groups excluding carboxylic acids is 1. The van der Waals surface area contributed by atoms with Crippen molar-refractivity contribution in [2.75, 3.05) is 13.1 Å². The van der Waals surface area contributed by atoms with E-state index >= 15 is 0 Å². The van der Waals surface area contributed by atoms with E-state index in [1.54, 1.807) is 0 Å². The Hall–Kier alpha value is -2.37. The molecular weight excluding hydrogens is 302 g/mol. The van der Waals surface area contributed by atoms with E-state index in [-0.39, 0.29) is 11.9 Å². The topological polar surface area (TPSA) is 106 Å². The molecule has 0 aliphatic heterocycles. The van der Waals surface area contributed by atoms with Crippen LogP contribution in [-0.4, -0.2) is 31.3 Å². The number of carbonyl (C=O) groups is 1. The number of fused-ring (bicyclic) bond motifs is 1. The van der Waals surface area contributed by atoms with Gasteiger partial charge < -0.3 is 11.5 Å². The zero-order valence-corrected chi connectivity index (χ0v) is 14.3. The lowest BCUT2D eigenvalue weighted by Crippen LogP contribution is -2.41. The summed E-state index contributed by atoms with van der Waals surface area (Å²) in [6.07, 6.45) is 7.01. The standard InChI is InChI=1S/C18H27N5O/c1-2-10-21-17(19)23-18(20)22-11-9-14-8-7-13-5-3-4-6-15(13)16(14)12-24/h7-8,12H,2-6,9-11H2,1H3,(H5,19,20,21,22,23). The van der Waals surface area contributed by atoms with Gasteiger partial charge in [0.05, 0.1) is 0 Å². The quantitative estimate of drug-likeness (QED) is 0.418. The van der Waals surface area contributed by atoms with Crippen LogP contribution in [0.2, 0.25) is 0 Å². The average molecular weight is 329 g/mol. The molecule has 0 amide bonds. The fraction of sp³-hybridized carbons (Fsp3) is 0.500. The maximum atomic E-state index is 11.5. The summed E-state index contributed by atoms with van der Waals surface area (Å²) in [6.45, 7) is 3.18. The third-order valence-electron chi connectivity index (χ3n) is 4.21. The number of nitrogens with zero attached hydrogens (tertiary/aromatic N) is 2. The number of guanidine groups is 2. The fourth-order valence-corrected chi connectivity index (χ4v) is 3.01. The predicted octanol–water partition coefficient (Wildman–Crippen LogP) is 1.55. The van der Waals surface area contributed by atoms with Crippen LogP contribution in [0.25, 0.3) is 0 Å². The molecule has 0 bridgehead atoms. The molecular formula is C18H27N5O. The molecule has 0 radical (unpaired) electrons. The molecule has 0 saturated carbocycles. The summed E-state index contributed by atoms with van der Waals surface area (Å²) in [5, 5.41) is 2.77. The van der Waals surface area contributed by atoms with Crippen LogP contribution in [0.4, 0.5) is 0 Å². The predicted molar refractivity (Wildman–Crippen MR) is 98.6 cm³/mol. The van der Waals surface area contributed by atoms with E-state index < -0.39 is 0 Å². The number of aryl methyl sites for hydroxylation is 1. The van der Waals surface area contributed by atoms with Crippen molar-refractivity contribution < 1.29 is 4.79 Å². The smallest absolute Gasteiger partial charge is 0.195 e. The maximum absolute atomic E-state index is 11.5. The first-order valence-corrected chi connectivity index (χ1v) is 8.61. The van der Waals surface area contributed by atoms with E-state index in [4.69, 9.17) is 11.5 Å². The molecule has 6 heteroatoms. The Bertz CT molecular complexity index is 637. The van der Waals surface area contributed by atoms with Gasteiger partial charge in [0.15, 0.2) is 18.2 Å². The lowest BCUT2D eigenvalue weighted by Gasteiger charge is -2.19. The normalized spacial score (nSPS) is 15.0. The molecule has 0 fully saturated rings. The van der Waals surface area contributed by atoms with Crippen molar-refractivity contribution in [1.82, 2.24) is 5.32 Å². The second-order valence-corrected chi connectivity index (χ2v) is 6.01. The summed E-state index contributed by atoms with van der Waals surface area (Å²) in [5.41, 5.74) is 15.9. The first-order valence-electron chi connectivity index (χ1n) is 8.61. The minimum Gasteiger partial charge on any atom is -0.370 e. The molecule has 0 saturated heterocycles. The SMILES string of the molecule is CCCN=C(N)NC(N)=NCCc1ccc2c(c1C=O)CCCC2. The lowest BCUT2D eigenvalue weighted by atomic mass is 9.86. The minimum atomic E-state index is 0.248. The third-order valence-corrected chi connectivity index (χ3v) is 4.21. The summed E-state index contributed by atoms with van der Waals surface area (Å²) < 4.78 is 0. The van der Waals surface area contributed by atoms with Crippen LogP contribution >= 0.6 is 0 Å². The molecule has 0 unspecified atom stereocenters. The van der Waals surface area contributed by atoms with E-state index in [0.717, 1.165) is 43.1 Å². The number of aliphatic imine (C=N–C) groups is 2. The fourth-order valence-electron chi connectivity index (χ4n) is 3.01. The van der Waals surface area contributed by atoms with Gasteiger partial charge in [0.1, 0.15) is 0 Å². The van der Waals surface area contributed by atoms with E-state index in [1.165, 1.54) is 17.5 Å². The van der Waals surface area contributed by atoms with Crippen molar-refractivity contribution >= 4 is 18.2 Å². The van der Waals surface area contributed by atoms with Gasteiger partial charge in [-0.15, -0.1) is 0 Å². The first kappa shape index (κ1) is 18.0. The van der Waals surface area contributed by atoms with Crippen LogP contribution in [0.3, 0.4) is 0 Å². The van der Waals surface area contributed by atoms with Gasteiger partial charge in [0, 0.05) is 18.7 Å². The molecule has 0 heterocycles. The maximum Gasteiger partial charge on any atom is 0.195 e. The van der Waals surface area contributed by atoms with Gasteiger partial charge in [-0.25, -0.2) is 0 Å². The molecule has 0 spiro atoms. The zero-order chi connectivity index (χ0) is 17.4. The van der Waals surface area contributed by atoms with Crippen LogP contribution in [0.15, 0.2) is 22.1 Å². The monoisotopic (exact) mass is 329 g/mol. The highest BCUT2D eigenvalue weighted by Gasteiger charge is 2.15. The van der Waals surface area contributed by atoms with E-state index in [2.05, 4.69) is 21.4 Å². The van der Waals surface area contributed by atoms with Gasteiger partial charge >= 0.3 is 0 Å². The molecule has 0 aromatic heterocycles. The Balaban J connectivity index is 1.99. The summed E-state index contributed by atoms with van der Waals surface area (Å²) in [6, 6.07) is 4.20. The molecule has 1 aromatic carbocycles. The molecule has 1 aromatic rings. The van der Waals surface area contributed by atoms with E-state index in [1.807, 2.05) is 13.0 Å². The second kappa shape index (κ2) is 9.05. The average Bonchev–Trinajstić information content (AvgIpc) is 2.59. The Morgan fingerprint density at radius 3 is 2.58 bits per heavy atom. The van der Waals surface area contributed by atoms with Gasteiger partial charge in [-0.2, -0.15) is 0 Å². The van der Waals surface area contributed by atoms with E-state index in [9.17, 15) is 4.79 Å². The molecule has 24 heavy (non-hydrogen) atoms. The van der Waals surface area contributed by atoms with Crippen LogP contribution in [0.5, 0.6) is 0 Å². The van der Waals surface area contributed by atoms with Crippen molar-refractivity contribution in [1.29, 1.82) is 0 Å². The summed E-state index contributed by atoms with van der Waals surface area (Å²) in [7, 11) is 0. The molecule has 0 atom stereocenters. The van der Waals surface area contributed by atoms with E-state index in [0.29, 0.717) is 19.5 Å². The number of hydrogen-bond donors (Lipinski definition) is 3. The number of nitrogens with two attached hydrogens (primary N) is 2. The summed E-state index contributed by atoms with van der Waals surface area (Å²) in [4.78, 5) is 19.9. The molecule has 1 aliphatic rings. The highest BCUT2D eigenvalue weighted by molar-refractivity contribution is 5.97.